The average Bonchev–Trinajstić information content (AvgIpc) is 2.59. The van der Waals surface area contributed by atoms with Gasteiger partial charge in [0.1, 0.15) is 0 Å². The van der Waals surface area contributed by atoms with E-state index in [-0.39, 0.29) is 19.0 Å². The van der Waals surface area contributed by atoms with Crippen molar-refractivity contribution in [3.8, 4) is 0 Å². The summed E-state index contributed by atoms with van der Waals surface area (Å²) in [7, 11) is 1.60. The van der Waals surface area contributed by atoms with Crippen LogP contribution >= 0.6 is 11.6 Å². The maximum Gasteiger partial charge on any atom is 0.325 e. The third-order valence-corrected chi connectivity index (χ3v) is 4.19. The molecule has 0 heterocycles. The normalized spacial score (nSPS) is 10.5. The van der Waals surface area contributed by atoms with E-state index in [4.69, 9.17) is 11.6 Å². The molecule has 148 valence electrons. The van der Waals surface area contributed by atoms with E-state index in [9.17, 15) is 14.4 Å². The Morgan fingerprint density at radius 3 is 2.29 bits per heavy atom. The van der Waals surface area contributed by atoms with Crippen LogP contribution in [0.1, 0.15) is 11.1 Å². The first-order valence-corrected chi connectivity index (χ1v) is 9.03. The molecule has 2 aromatic rings. The number of rotatable bonds is 6. The summed E-state index contributed by atoms with van der Waals surface area (Å²) in [6, 6.07) is 11.8. The number of carbonyl (C=O) groups excluding carboxylic acids is 3. The molecule has 8 heteroatoms. The summed E-state index contributed by atoms with van der Waals surface area (Å²) in [5, 5.41) is 7.99. The zero-order chi connectivity index (χ0) is 20.7. The van der Waals surface area contributed by atoms with E-state index in [2.05, 4.69) is 16.0 Å². The standard InChI is InChI=1S/C20H23ClN4O3/c1-13-8-9-16(14(2)10-13)23-20(28)24-19(27)12-25(3)11-18(26)22-17-7-5-4-6-15(17)21/h4-10H,11-12H2,1-3H3,(H,22,26)(H2,23,24,27,28). The van der Waals surface area contributed by atoms with Crippen LogP contribution in [0.15, 0.2) is 42.5 Å². The highest BCUT2D eigenvalue weighted by atomic mass is 35.5. The lowest BCUT2D eigenvalue weighted by molar-refractivity contribution is -0.121. The van der Waals surface area contributed by atoms with Crippen molar-refractivity contribution in [1.82, 2.24) is 10.2 Å². The number of carbonyl (C=O) groups is 3. The van der Waals surface area contributed by atoms with Crippen molar-refractivity contribution in [2.75, 3.05) is 30.8 Å². The Labute approximate surface area is 169 Å². The molecular weight excluding hydrogens is 380 g/mol. The summed E-state index contributed by atoms with van der Waals surface area (Å²) in [6.45, 7) is 3.68. The smallest absolute Gasteiger partial charge is 0.324 e. The Morgan fingerprint density at radius 2 is 1.61 bits per heavy atom. The predicted octanol–water partition coefficient (Wildman–Crippen LogP) is 3.18. The van der Waals surface area contributed by atoms with Crippen LogP contribution in [0.25, 0.3) is 0 Å². The Kier molecular flexibility index (Phi) is 7.54. The number of hydrogen-bond acceptors (Lipinski definition) is 4. The first kappa shape index (κ1) is 21.4. The zero-order valence-electron chi connectivity index (χ0n) is 16.0. The second kappa shape index (κ2) is 9.87. The largest absolute Gasteiger partial charge is 0.325 e. The van der Waals surface area contributed by atoms with E-state index >= 15 is 0 Å². The zero-order valence-corrected chi connectivity index (χ0v) is 16.8. The summed E-state index contributed by atoms with van der Waals surface area (Å²) >= 11 is 6.00. The van der Waals surface area contributed by atoms with Gasteiger partial charge in [-0.2, -0.15) is 0 Å². The fourth-order valence-corrected chi connectivity index (χ4v) is 2.76. The number of hydrogen-bond donors (Lipinski definition) is 3. The van der Waals surface area contributed by atoms with E-state index < -0.39 is 11.9 Å². The first-order chi connectivity index (χ1) is 13.2. The van der Waals surface area contributed by atoms with Gasteiger partial charge in [-0.05, 0) is 44.7 Å². The molecule has 0 atom stereocenters. The van der Waals surface area contributed by atoms with Gasteiger partial charge in [0.2, 0.25) is 11.8 Å². The fraction of sp³-hybridized carbons (Fsp3) is 0.250. The maximum atomic E-state index is 12.1. The predicted molar refractivity (Wildman–Crippen MR) is 111 cm³/mol. The van der Waals surface area contributed by atoms with Crippen LogP contribution in [-0.2, 0) is 9.59 Å². The molecule has 7 nitrogen and oxygen atoms in total. The Bertz CT molecular complexity index is 886. The molecule has 0 spiro atoms. The third kappa shape index (κ3) is 6.68. The average molecular weight is 403 g/mol. The molecule has 0 saturated carbocycles. The topological polar surface area (TPSA) is 90.5 Å². The van der Waals surface area contributed by atoms with Crippen LogP contribution < -0.4 is 16.0 Å². The number of nitrogens with zero attached hydrogens (tertiary/aromatic N) is 1. The molecule has 2 rings (SSSR count). The minimum absolute atomic E-state index is 0.0304. The van der Waals surface area contributed by atoms with E-state index in [1.54, 1.807) is 37.4 Å². The van der Waals surface area contributed by atoms with Crippen molar-refractivity contribution in [1.29, 1.82) is 0 Å². The van der Waals surface area contributed by atoms with Gasteiger partial charge in [0.05, 0.1) is 23.8 Å². The first-order valence-electron chi connectivity index (χ1n) is 8.65. The molecule has 2 aromatic carbocycles. The second-order valence-corrected chi connectivity index (χ2v) is 6.93. The molecule has 0 radical (unpaired) electrons. The minimum Gasteiger partial charge on any atom is -0.324 e. The van der Waals surface area contributed by atoms with E-state index in [1.807, 2.05) is 26.0 Å². The van der Waals surface area contributed by atoms with E-state index in [0.29, 0.717) is 16.4 Å². The van der Waals surface area contributed by atoms with Crippen molar-refractivity contribution in [2.45, 2.75) is 13.8 Å². The SMILES string of the molecule is Cc1ccc(NC(=O)NC(=O)CN(C)CC(=O)Nc2ccccc2Cl)c(C)c1. The molecule has 4 amide bonds. The van der Waals surface area contributed by atoms with Gasteiger partial charge < -0.3 is 10.6 Å². The van der Waals surface area contributed by atoms with Gasteiger partial charge in [0.15, 0.2) is 0 Å². The van der Waals surface area contributed by atoms with Crippen LogP contribution in [0.5, 0.6) is 0 Å². The highest BCUT2D eigenvalue weighted by Crippen LogP contribution is 2.20. The Morgan fingerprint density at radius 1 is 0.929 bits per heavy atom. The molecule has 0 unspecified atom stereocenters. The van der Waals surface area contributed by atoms with E-state index in [0.717, 1.165) is 11.1 Å². The third-order valence-electron chi connectivity index (χ3n) is 3.86. The molecule has 28 heavy (non-hydrogen) atoms. The van der Waals surface area contributed by atoms with Crippen LogP contribution in [0.3, 0.4) is 0 Å². The molecule has 0 aliphatic heterocycles. The number of imide groups is 1. The van der Waals surface area contributed by atoms with Gasteiger partial charge in [0.25, 0.3) is 0 Å². The Hall–Kier alpha value is -2.90. The molecule has 3 N–H and O–H groups in total. The van der Waals surface area contributed by atoms with Crippen molar-refractivity contribution >= 4 is 40.8 Å². The molecule has 0 aliphatic carbocycles. The minimum atomic E-state index is -0.620. The summed E-state index contributed by atoms with van der Waals surface area (Å²) in [4.78, 5) is 37.6. The lowest BCUT2D eigenvalue weighted by atomic mass is 10.1. The van der Waals surface area contributed by atoms with Crippen molar-refractivity contribution in [3.05, 3.63) is 58.6 Å². The van der Waals surface area contributed by atoms with E-state index in [1.165, 1.54) is 4.90 Å². The molecule has 0 bridgehead atoms. The Balaban J connectivity index is 1.79. The lowest BCUT2D eigenvalue weighted by Crippen LogP contribution is -2.42. The number of amides is 4. The molecule has 0 fully saturated rings. The number of halogens is 1. The van der Waals surface area contributed by atoms with Gasteiger partial charge in [0, 0.05) is 5.69 Å². The lowest BCUT2D eigenvalue weighted by Gasteiger charge is -2.16. The van der Waals surface area contributed by atoms with Gasteiger partial charge in [-0.3, -0.25) is 19.8 Å². The van der Waals surface area contributed by atoms with Gasteiger partial charge in [-0.15, -0.1) is 0 Å². The number of aryl methyl sites for hydroxylation is 2. The van der Waals surface area contributed by atoms with Crippen molar-refractivity contribution in [2.24, 2.45) is 0 Å². The molecular formula is C20H23ClN4O3. The monoisotopic (exact) mass is 402 g/mol. The van der Waals surface area contributed by atoms with Crippen LogP contribution in [0, 0.1) is 13.8 Å². The second-order valence-electron chi connectivity index (χ2n) is 6.52. The van der Waals surface area contributed by atoms with Gasteiger partial charge in [-0.25, -0.2) is 4.79 Å². The van der Waals surface area contributed by atoms with Crippen LogP contribution in [0.2, 0.25) is 5.02 Å². The number of likely N-dealkylation sites (N-methyl/N-ethyl adjacent to an activating group) is 1. The van der Waals surface area contributed by atoms with Gasteiger partial charge in [-0.1, -0.05) is 41.4 Å². The molecule has 0 aliphatic rings. The van der Waals surface area contributed by atoms with Crippen molar-refractivity contribution < 1.29 is 14.4 Å². The highest BCUT2D eigenvalue weighted by molar-refractivity contribution is 6.33. The summed E-state index contributed by atoms with van der Waals surface area (Å²) in [5.41, 5.74) is 3.11. The van der Waals surface area contributed by atoms with Crippen LogP contribution in [0.4, 0.5) is 16.2 Å². The van der Waals surface area contributed by atoms with Crippen molar-refractivity contribution in [3.63, 3.8) is 0 Å². The van der Waals surface area contributed by atoms with Gasteiger partial charge >= 0.3 is 6.03 Å². The number of nitrogens with one attached hydrogen (secondary N) is 3. The van der Waals surface area contributed by atoms with Crippen LogP contribution in [-0.4, -0.2) is 42.9 Å². The fourth-order valence-electron chi connectivity index (χ4n) is 2.57. The summed E-state index contributed by atoms with van der Waals surface area (Å²) < 4.78 is 0. The number of para-hydroxylation sites is 1. The number of urea groups is 1. The number of benzene rings is 2. The summed E-state index contributed by atoms with van der Waals surface area (Å²) in [5.74, 6) is -0.835. The summed E-state index contributed by atoms with van der Waals surface area (Å²) in [6.07, 6.45) is 0. The quantitative estimate of drug-likeness (QED) is 0.692. The molecule has 0 aromatic heterocycles. The maximum absolute atomic E-state index is 12.1. The highest BCUT2D eigenvalue weighted by Gasteiger charge is 2.14. The number of anilines is 2. The molecule has 0 saturated heterocycles.